The van der Waals surface area contributed by atoms with Crippen LogP contribution in [0.3, 0.4) is 0 Å². The summed E-state index contributed by atoms with van der Waals surface area (Å²) in [6.45, 7) is 0. The molecule has 0 atom stereocenters. The van der Waals surface area contributed by atoms with Crippen LogP contribution in [-0.4, -0.2) is 29.0 Å². The number of sulfonamides is 1. The quantitative estimate of drug-likeness (QED) is 0.851. The Labute approximate surface area is 115 Å². The number of imidazole rings is 1. The molecule has 7 nitrogen and oxygen atoms in total. The third kappa shape index (κ3) is 3.15. The van der Waals surface area contributed by atoms with E-state index in [2.05, 4.69) is 9.71 Å². The van der Waals surface area contributed by atoms with Gasteiger partial charge in [-0.05, 0) is 11.6 Å². The van der Waals surface area contributed by atoms with Crippen molar-refractivity contribution in [3.05, 3.63) is 42.4 Å². The lowest BCUT2D eigenvalue weighted by atomic mass is 10.1. The van der Waals surface area contributed by atoms with E-state index in [0.29, 0.717) is 5.56 Å². The maximum Gasteiger partial charge on any atom is 0.307 e. The topological polar surface area (TPSA) is 101 Å². The minimum Gasteiger partial charge on any atom is -0.481 e. The molecule has 2 aromatic rings. The molecule has 0 unspecified atom stereocenters. The van der Waals surface area contributed by atoms with Crippen LogP contribution >= 0.6 is 0 Å². The van der Waals surface area contributed by atoms with E-state index >= 15 is 0 Å². The first-order chi connectivity index (χ1) is 9.38. The van der Waals surface area contributed by atoms with Crippen LogP contribution in [0.5, 0.6) is 0 Å². The number of carboxylic acids is 1. The number of aryl methyl sites for hydroxylation is 1. The summed E-state index contributed by atoms with van der Waals surface area (Å²) >= 11 is 0. The van der Waals surface area contributed by atoms with E-state index in [9.17, 15) is 13.2 Å². The van der Waals surface area contributed by atoms with Gasteiger partial charge in [-0.25, -0.2) is 4.98 Å². The van der Waals surface area contributed by atoms with Gasteiger partial charge in [0.05, 0.1) is 18.4 Å². The number of carbonyl (C=O) groups is 1. The lowest BCUT2D eigenvalue weighted by Crippen LogP contribution is -2.15. The van der Waals surface area contributed by atoms with Crippen LogP contribution in [0.4, 0.5) is 5.69 Å². The maximum absolute atomic E-state index is 12.1. The summed E-state index contributed by atoms with van der Waals surface area (Å²) in [4.78, 5) is 14.5. The highest BCUT2D eigenvalue weighted by Crippen LogP contribution is 2.19. The second-order valence-electron chi connectivity index (χ2n) is 4.21. The van der Waals surface area contributed by atoms with Crippen molar-refractivity contribution < 1.29 is 18.3 Å². The molecule has 1 heterocycles. The van der Waals surface area contributed by atoms with Crippen LogP contribution in [0.15, 0.2) is 41.8 Å². The van der Waals surface area contributed by atoms with Crippen molar-refractivity contribution >= 4 is 21.7 Å². The highest BCUT2D eigenvalue weighted by atomic mass is 32.2. The number of para-hydroxylation sites is 1. The molecule has 0 aliphatic rings. The summed E-state index contributed by atoms with van der Waals surface area (Å²) in [5.74, 6) is -1.03. The fourth-order valence-corrected chi connectivity index (χ4v) is 2.75. The smallest absolute Gasteiger partial charge is 0.307 e. The zero-order valence-corrected chi connectivity index (χ0v) is 11.5. The Balaban J connectivity index is 2.32. The molecule has 0 saturated carbocycles. The van der Waals surface area contributed by atoms with Crippen molar-refractivity contribution in [1.82, 2.24) is 9.55 Å². The SMILES string of the molecule is Cn1cnc(S(=O)(=O)Nc2ccccc2CC(=O)O)c1. The van der Waals surface area contributed by atoms with Crippen LogP contribution in [0, 0.1) is 0 Å². The monoisotopic (exact) mass is 295 g/mol. The first kappa shape index (κ1) is 14.1. The number of hydrogen-bond acceptors (Lipinski definition) is 4. The average Bonchev–Trinajstić information content (AvgIpc) is 2.78. The number of benzene rings is 1. The third-order valence-corrected chi connectivity index (χ3v) is 3.81. The molecule has 0 saturated heterocycles. The molecule has 0 amide bonds. The summed E-state index contributed by atoms with van der Waals surface area (Å²) in [6.07, 6.45) is 2.47. The summed E-state index contributed by atoms with van der Waals surface area (Å²) < 4.78 is 28.1. The van der Waals surface area contributed by atoms with Gasteiger partial charge < -0.3 is 9.67 Å². The summed E-state index contributed by atoms with van der Waals surface area (Å²) in [7, 11) is -2.17. The van der Waals surface area contributed by atoms with Gasteiger partial charge in [0.2, 0.25) is 0 Å². The van der Waals surface area contributed by atoms with Crippen LogP contribution < -0.4 is 4.72 Å². The molecule has 1 aromatic heterocycles. The van der Waals surface area contributed by atoms with Crippen LogP contribution in [0.25, 0.3) is 0 Å². The van der Waals surface area contributed by atoms with E-state index in [1.165, 1.54) is 23.2 Å². The number of hydrogen-bond donors (Lipinski definition) is 2. The van der Waals surface area contributed by atoms with Gasteiger partial charge in [0.25, 0.3) is 10.0 Å². The number of nitrogens with one attached hydrogen (secondary N) is 1. The maximum atomic E-state index is 12.1. The van der Waals surface area contributed by atoms with Gasteiger partial charge in [0.15, 0.2) is 5.03 Å². The summed E-state index contributed by atoms with van der Waals surface area (Å²) in [6, 6.07) is 6.35. The lowest BCUT2D eigenvalue weighted by Gasteiger charge is -2.09. The molecule has 0 aliphatic carbocycles. The minimum absolute atomic E-state index is 0.120. The molecular weight excluding hydrogens is 282 g/mol. The van der Waals surface area contributed by atoms with Gasteiger partial charge in [0, 0.05) is 13.2 Å². The molecule has 0 bridgehead atoms. The molecule has 0 spiro atoms. The van der Waals surface area contributed by atoms with Crippen LogP contribution in [0.1, 0.15) is 5.56 Å². The number of anilines is 1. The van der Waals surface area contributed by atoms with Gasteiger partial charge in [-0.2, -0.15) is 8.42 Å². The second kappa shape index (κ2) is 5.33. The van der Waals surface area contributed by atoms with Crippen molar-refractivity contribution in [3.8, 4) is 0 Å². The van der Waals surface area contributed by atoms with E-state index in [-0.39, 0.29) is 17.1 Å². The van der Waals surface area contributed by atoms with Crippen molar-refractivity contribution in [2.75, 3.05) is 4.72 Å². The van der Waals surface area contributed by atoms with Gasteiger partial charge >= 0.3 is 5.97 Å². The molecule has 20 heavy (non-hydrogen) atoms. The first-order valence-electron chi connectivity index (χ1n) is 5.69. The van der Waals surface area contributed by atoms with Crippen molar-refractivity contribution in [2.24, 2.45) is 7.05 Å². The normalized spacial score (nSPS) is 11.2. The number of rotatable bonds is 5. The third-order valence-electron chi connectivity index (χ3n) is 2.56. The van der Waals surface area contributed by atoms with E-state index in [1.807, 2.05) is 0 Å². The number of aliphatic carboxylic acids is 1. The number of nitrogens with zero attached hydrogens (tertiary/aromatic N) is 2. The Morgan fingerprint density at radius 3 is 2.70 bits per heavy atom. The fraction of sp³-hybridized carbons (Fsp3) is 0.167. The molecule has 0 radical (unpaired) electrons. The van der Waals surface area contributed by atoms with E-state index in [4.69, 9.17) is 5.11 Å². The summed E-state index contributed by atoms with van der Waals surface area (Å²) in [5.41, 5.74) is 0.625. The predicted octanol–water partition coefficient (Wildman–Crippen LogP) is 0.848. The molecule has 106 valence electrons. The zero-order chi connectivity index (χ0) is 14.8. The molecule has 0 fully saturated rings. The highest BCUT2D eigenvalue weighted by molar-refractivity contribution is 7.92. The Hall–Kier alpha value is -2.35. The standard InChI is InChI=1S/C12H13N3O4S/c1-15-7-11(13-8-15)20(18,19)14-10-5-3-2-4-9(10)6-12(16)17/h2-5,7-8,14H,6H2,1H3,(H,16,17). The molecular formula is C12H13N3O4S. The van der Waals surface area contributed by atoms with Crippen LogP contribution in [0.2, 0.25) is 0 Å². The van der Waals surface area contributed by atoms with Crippen molar-refractivity contribution in [3.63, 3.8) is 0 Å². The highest BCUT2D eigenvalue weighted by Gasteiger charge is 2.19. The first-order valence-corrected chi connectivity index (χ1v) is 7.17. The molecule has 1 aromatic carbocycles. The van der Waals surface area contributed by atoms with Gasteiger partial charge in [-0.1, -0.05) is 18.2 Å². The second-order valence-corrected chi connectivity index (χ2v) is 5.84. The van der Waals surface area contributed by atoms with Gasteiger partial charge in [0.1, 0.15) is 0 Å². The Morgan fingerprint density at radius 2 is 2.10 bits per heavy atom. The Bertz CT molecular complexity index is 737. The molecule has 8 heteroatoms. The average molecular weight is 295 g/mol. The van der Waals surface area contributed by atoms with Crippen molar-refractivity contribution in [1.29, 1.82) is 0 Å². The fourth-order valence-electron chi connectivity index (χ4n) is 1.66. The van der Waals surface area contributed by atoms with E-state index in [0.717, 1.165) is 0 Å². The Morgan fingerprint density at radius 1 is 1.40 bits per heavy atom. The minimum atomic E-state index is -3.83. The Kier molecular flexibility index (Phi) is 3.75. The molecule has 2 N–H and O–H groups in total. The molecule has 0 aliphatic heterocycles. The molecule has 2 rings (SSSR count). The summed E-state index contributed by atoms with van der Waals surface area (Å²) in [5, 5.41) is 8.70. The number of aromatic nitrogens is 2. The van der Waals surface area contributed by atoms with E-state index in [1.54, 1.807) is 25.2 Å². The largest absolute Gasteiger partial charge is 0.481 e. The van der Waals surface area contributed by atoms with Crippen molar-refractivity contribution in [2.45, 2.75) is 11.4 Å². The number of carboxylic acid groups (broad SMARTS) is 1. The lowest BCUT2D eigenvalue weighted by molar-refractivity contribution is -0.136. The predicted molar refractivity (Wildman–Crippen MR) is 71.8 cm³/mol. The van der Waals surface area contributed by atoms with Gasteiger partial charge in [-0.3, -0.25) is 9.52 Å². The van der Waals surface area contributed by atoms with Crippen LogP contribution in [-0.2, 0) is 28.3 Å². The van der Waals surface area contributed by atoms with Gasteiger partial charge in [-0.15, -0.1) is 0 Å². The zero-order valence-electron chi connectivity index (χ0n) is 10.6. The van der Waals surface area contributed by atoms with E-state index < -0.39 is 16.0 Å².